The molecular weight excluding hydrogens is 509 g/mol. The monoisotopic (exact) mass is 539 g/mol. The number of aliphatic imine (C=N–C) groups is 1. The summed E-state index contributed by atoms with van der Waals surface area (Å²) >= 11 is 0. The molecule has 11 heteroatoms. The molecule has 0 spiro atoms. The molecule has 3 N–H and O–H groups in total. The Morgan fingerprint density at radius 2 is 1.83 bits per heavy atom. The molecule has 1 aliphatic heterocycles. The SMILES string of the molecule is CN=C(NCc1ccc(S(=O)(=O)NC)cc1)NC1CN(C(=O)OC(C)(C)C)C1.I. The van der Waals surface area contributed by atoms with Gasteiger partial charge in [0.25, 0.3) is 0 Å². The minimum atomic E-state index is -3.44. The van der Waals surface area contributed by atoms with Gasteiger partial charge in [0.05, 0.1) is 10.9 Å². The van der Waals surface area contributed by atoms with E-state index < -0.39 is 15.6 Å². The zero-order valence-corrected chi connectivity index (χ0v) is 20.5. The zero-order chi connectivity index (χ0) is 20.9. The molecule has 9 nitrogen and oxygen atoms in total. The number of rotatable bonds is 5. The lowest BCUT2D eigenvalue weighted by molar-refractivity contribution is 0.00701. The van der Waals surface area contributed by atoms with Gasteiger partial charge >= 0.3 is 6.09 Å². The van der Waals surface area contributed by atoms with Crippen LogP contribution in [0.2, 0.25) is 0 Å². The first-order valence-corrected chi connectivity index (χ1v) is 10.5. The second-order valence-electron chi connectivity index (χ2n) is 7.50. The van der Waals surface area contributed by atoms with Crippen LogP contribution in [0.1, 0.15) is 26.3 Å². The number of carbonyl (C=O) groups excluding carboxylic acids is 1. The van der Waals surface area contributed by atoms with Gasteiger partial charge in [0.15, 0.2) is 5.96 Å². The predicted octanol–water partition coefficient (Wildman–Crippen LogP) is 1.50. The molecule has 0 radical (unpaired) electrons. The van der Waals surface area contributed by atoms with E-state index in [2.05, 4.69) is 20.3 Å². The van der Waals surface area contributed by atoms with Gasteiger partial charge in [0.1, 0.15) is 5.60 Å². The average Bonchev–Trinajstić information content (AvgIpc) is 2.59. The highest BCUT2D eigenvalue weighted by Crippen LogP contribution is 2.15. The Morgan fingerprint density at radius 3 is 2.31 bits per heavy atom. The lowest BCUT2D eigenvalue weighted by Gasteiger charge is -2.40. The molecule has 1 aromatic rings. The van der Waals surface area contributed by atoms with Crippen molar-refractivity contribution in [2.24, 2.45) is 4.99 Å². The minimum absolute atomic E-state index is 0. The Hall–Kier alpha value is -1.60. The molecule has 0 saturated carbocycles. The summed E-state index contributed by atoms with van der Waals surface area (Å²) in [5.41, 5.74) is 0.414. The number of carbonyl (C=O) groups is 1. The lowest BCUT2D eigenvalue weighted by atomic mass is 10.1. The second kappa shape index (κ2) is 10.4. The summed E-state index contributed by atoms with van der Waals surface area (Å²) in [6, 6.07) is 6.71. The zero-order valence-electron chi connectivity index (χ0n) is 17.4. The number of ether oxygens (including phenoxy) is 1. The molecule has 1 aliphatic rings. The van der Waals surface area contributed by atoms with Crippen LogP contribution < -0.4 is 15.4 Å². The minimum Gasteiger partial charge on any atom is -0.444 e. The van der Waals surface area contributed by atoms with E-state index in [-0.39, 0.29) is 41.0 Å². The molecule has 1 heterocycles. The number of sulfonamides is 1. The van der Waals surface area contributed by atoms with Gasteiger partial charge < -0.3 is 20.3 Å². The molecule has 1 amide bonds. The summed E-state index contributed by atoms with van der Waals surface area (Å²) < 4.78 is 31.1. The van der Waals surface area contributed by atoms with Crippen LogP contribution in [0.15, 0.2) is 34.2 Å². The van der Waals surface area contributed by atoms with Crippen LogP contribution in [0.5, 0.6) is 0 Å². The van der Waals surface area contributed by atoms with Crippen molar-refractivity contribution in [1.29, 1.82) is 0 Å². The second-order valence-corrected chi connectivity index (χ2v) is 9.39. The standard InChI is InChI=1S/C18H29N5O4S.HI/c1-18(2,3)27-17(24)23-11-14(12-23)22-16(19-4)21-10-13-6-8-15(9-7-13)28(25,26)20-5;/h6-9,14,20H,10-12H2,1-5H3,(H2,19,21,22);1H. The van der Waals surface area contributed by atoms with Crippen LogP contribution >= 0.6 is 24.0 Å². The molecule has 0 unspecified atom stereocenters. The molecular formula is C18H30IN5O4S. The Bertz CT molecular complexity index is 816. The number of likely N-dealkylation sites (tertiary alicyclic amines) is 1. The predicted molar refractivity (Wildman–Crippen MR) is 123 cm³/mol. The first kappa shape index (κ1) is 25.4. The van der Waals surface area contributed by atoms with Gasteiger partial charge in [-0.05, 0) is 45.5 Å². The normalized spacial score (nSPS) is 15.2. The number of hydrogen-bond donors (Lipinski definition) is 3. The Labute approximate surface area is 189 Å². The number of hydrogen-bond acceptors (Lipinski definition) is 5. The van der Waals surface area contributed by atoms with Gasteiger partial charge in [-0.15, -0.1) is 24.0 Å². The van der Waals surface area contributed by atoms with Crippen molar-refractivity contribution in [2.45, 2.75) is 43.9 Å². The van der Waals surface area contributed by atoms with Crippen LogP contribution in [-0.4, -0.2) is 64.2 Å². The van der Waals surface area contributed by atoms with Crippen molar-refractivity contribution < 1.29 is 17.9 Å². The highest BCUT2D eigenvalue weighted by Gasteiger charge is 2.34. The van der Waals surface area contributed by atoms with Crippen LogP contribution in [0.4, 0.5) is 4.79 Å². The first-order valence-electron chi connectivity index (χ1n) is 9.01. The van der Waals surface area contributed by atoms with Gasteiger partial charge in [0, 0.05) is 26.7 Å². The Balaban J connectivity index is 0.00000420. The van der Waals surface area contributed by atoms with E-state index >= 15 is 0 Å². The van der Waals surface area contributed by atoms with E-state index in [0.717, 1.165) is 5.56 Å². The molecule has 0 atom stereocenters. The van der Waals surface area contributed by atoms with Gasteiger partial charge in [-0.25, -0.2) is 17.9 Å². The summed E-state index contributed by atoms with van der Waals surface area (Å²) in [6.45, 7) is 7.10. The van der Waals surface area contributed by atoms with Crippen molar-refractivity contribution >= 4 is 46.1 Å². The first-order chi connectivity index (χ1) is 13.0. The molecule has 1 aromatic carbocycles. The number of halogens is 1. The largest absolute Gasteiger partial charge is 0.444 e. The molecule has 1 saturated heterocycles. The van der Waals surface area contributed by atoms with Gasteiger partial charge in [-0.2, -0.15) is 0 Å². The van der Waals surface area contributed by atoms with Crippen LogP contribution in [0.3, 0.4) is 0 Å². The molecule has 164 valence electrons. The van der Waals surface area contributed by atoms with E-state index in [9.17, 15) is 13.2 Å². The Kier molecular flexibility index (Phi) is 9.15. The number of amides is 1. The quantitative estimate of drug-likeness (QED) is 0.297. The van der Waals surface area contributed by atoms with E-state index in [1.807, 2.05) is 20.8 Å². The van der Waals surface area contributed by atoms with Crippen LogP contribution in [0, 0.1) is 0 Å². The summed E-state index contributed by atoms with van der Waals surface area (Å²) in [5, 5.41) is 6.43. The van der Waals surface area contributed by atoms with Gasteiger partial charge in [-0.1, -0.05) is 12.1 Å². The number of guanidine groups is 1. The summed E-state index contributed by atoms with van der Waals surface area (Å²) in [6.07, 6.45) is -0.315. The maximum absolute atomic E-state index is 12.0. The summed E-state index contributed by atoms with van der Waals surface area (Å²) in [7, 11) is -0.387. The van der Waals surface area contributed by atoms with Crippen molar-refractivity contribution in [1.82, 2.24) is 20.3 Å². The fraction of sp³-hybridized carbons (Fsp3) is 0.556. The molecule has 0 aromatic heterocycles. The van der Waals surface area contributed by atoms with Gasteiger partial charge in [-0.3, -0.25) is 4.99 Å². The molecule has 2 rings (SSSR count). The Morgan fingerprint density at radius 1 is 1.24 bits per heavy atom. The highest BCUT2D eigenvalue weighted by atomic mass is 127. The molecule has 0 bridgehead atoms. The van der Waals surface area contributed by atoms with E-state index in [1.165, 1.54) is 7.05 Å². The molecule has 1 fully saturated rings. The highest BCUT2D eigenvalue weighted by molar-refractivity contribution is 14.0. The fourth-order valence-corrected chi connectivity index (χ4v) is 3.25. The van der Waals surface area contributed by atoms with Crippen LogP contribution in [-0.2, 0) is 21.3 Å². The van der Waals surface area contributed by atoms with E-state index in [0.29, 0.717) is 25.6 Å². The topological polar surface area (TPSA) is 112 Å². The summed E-state index contributed by atoms with van der Waals surface area (Å²) in [5.74, 6) is 0.612. The summed E-state index contributed by atoms with van der Waals surface area (Å²) in [4.78, 5) is 18.0. The van der Waals surface area contributed by atoms with E-state index in [4.69, 9.17) is 4.74 Å². The number of benzene rings is 1. The third-order valence-corrected chi connectivity index (χ3v) is 5.49. The third kappa shape index (κ3) is 7.63. The maximum Gasteiger partial charge on any atom is 0.410 e. The smallest absolute Gasteiger partial charge is 0.410 e. The fourth-order valence-electron chi connectivity index (χ4n) is 2.52. The van der Waals surface area contributed by atoms with E-state index in [1.54, 1.807) is 36.2 Å². The molecule has 0 aliphatic carbocycles. The number of nitrogens with one attached hydrogen (secondary N) is 3. The number of nitrogens with zero attached hydrogens (tertiary/aromatic N) is 2. The maximum atomic E-state index is 12.0. The van der Waals surface area contributed by atoms with Crippen LogP contribution in [0.25, 0.3) is 0 Å². The lowest BCUT2D eigenvalue weighted by Crippen LogP contribution is -2.63. The third-order valence-electron chi connectivity index (χ3n) is 4.06. The van der Waals surface area contributed by atoms with Gasteiger partial charge in [0.2, 0.25) is 10.0 Å². The van der Waals surface area contributed by atoms with Crippen molar-refractivity contribution in [2.75, 3.05) is 27.2 Å². The van der Waals surface area contributed by atoms with Crippen molar-refractivity contribution in [3.8, 4) is 0 Å². The van der Waals surface area contributed by atoms with Crippen molar-refractivity contribution in [3.05, 3.63) is 29.8 Å². The van der Waals surface area contributed by atoms with Crippen molar-refractivity contribution in [3.63, 3.8) is 0 Å². The molecule has 29 heavy (non-hydrogen) atoms. The average molecular weight is 539 g/mol.